The number of nitrogens with two attached hydrogens (primary N) is 1. The number of amides is 2. The zero-order chi connectivity index (χ0) is 20.3. The van der Waals surface area contributed by atoms with Gasteiger partial charge >= 0.3 is 0 Å². The summed E-state index contributed by atoms with van der Waals surface area (Å²) in [6, 6.07) is 10.6. The number of carbonyl (C=O) groups excluding carboxylic acids is 2. The van der Waals surface area contributed by atoms with Crippen molar-refractivity contribution in [1.29, 1.82) is 0 Å². The summed E-state index contributed by atoms with van der Waals surface area (Å²) in [5.41, 5.74) is 5.75. The van der Waals surface area contributed by atoms with Gasteiger partial charge in [-0.1, -0.05) is 29.8 Å². The molecule has 2 amide bonds. The molecule has 0 aliphatic rings. The van der Waals surface area contributed by atoms with Crippen LogP contribution in [0.1, 0.15) is 15.2 Å². The van der Waals surface area contributed by atoms with Crippen LogP contribution >= 0.6 is 22.9 Å². The zero-order valence-electron chi connectivity index (χ0n) is 15.1. The van der Waals surface area contributed by atoms with Gasteiger partial charge in [-0.05, 0) is 18.2 Å². The Balaban J connectivity index is 1.87. The average Bonchev–Trinajstić information content (AvgIpc) is 3.01. The molecule has 6 nitrogen and oxygen atoms in total. The van der Waals surface area contributed by atoms with Gasteiger partial charge in [0, 0.05) is 27.1 Å². The number of methoxy groups -OCH3 is 2. The molecule has 0 saturated carbocycles. The molecule has 3 rings (SSSR count). The molecule has 0 atom stereocenters. The number of fused-ring (bicyclic) bond motifs is 1. The maximum Gasteiger partial charge on any atom is 0.250 e. The molecule has 1 heterocycles. The van der Waals surface area contributed by atoms with E-state index in [1.54, 1.807) is 6.08 Å². The number of carbonyl (C=O) groups is 2. The first-order valence-corrected chi connectivity index (χ1v) is 9.36. The van der Waals surface area contributed by atoms with Gasteiger partial charge in [0.25, 0.3) is 5.91 Å². The summed E-state index contributed by atoms with van der Waals surface area (Å²) < 4.78 is 11.4. The summed E-state index contributed by atoms with van der Waals surface area (Å²) in [5.74, 6) is -0.447. The van der Waals surface area contributed by atoms with Crippen LogP contribution in [-0.2, 0) is 4.79 Å². The van der Waals surface area contributed by atoms with E-state index in [4.69, 9.17) is 26.8 Å². The number of halogens is 1. The lowest BCUT2D eigenvalue weighted by Gasteiger charge is -2.13. The van der Waals surface area contributed by atoms with Crippen LogP contribution in [0.15, 0.2) is 42.5 Å². The fourth-order valence-electron chi connectivity index (χ4n) is 2.65. The van der Waals surface area contributed by atoms with Crippen molar-refractivity contribution in [2.45, 2.75) is 0 Å². The Kier molecular flexibility index (Phi) is 5.87. The van der Waals surface area contributed by atoms with Crippen LogP contribution < -0.4 is 20.5 Å². The Hall–Kier alpha value is -3.03. The number of nitrogens with one attached hydrogen (secondary N) is 1. The summed E-state index contributed by atoms with van der Waals surface area (Å²) in [6.07, 6.45) is 2.98. The van der Waals surface area contributed by atoms with Crippen molar-refractivity contribution in [3.05, 3.63) is 57.9 Å². The molecular formula is C20H17ClN2O4S. The first-order valence-electron chi connectivity index (χ1n) is 8.16. The number of hydrogen-bond donors (Lipinski definition) is 2. The molecule has 0 spiro atoms. The van der Waals surface area contributed by atoms with Crippen molar-refractivity contribution in [3.8, 4) is 11.5 Å². The van der Waals surface area contributed by atoms with Gasteiger partial charge in [0.1, 0.15) is 0 Å². The monoisotopic (exact) mass is 416 g/mol. The molecular weight excluding hydrogens is 400 g/mol. The van der Waals surface area contributed by atoms with E-state index in [1.807, 2.05) is 24.3 Å². The molecule has 144 valence electrons. The quantitative estimate of drug-likeness (QED) is 0.585. The molecule has 0 saturated heterocycles. The Morgan fingerprint density at radius 2 is 1.82 bits per heavy atom. The molecule has 1 aromatic heterocycles. The molecule has 0 aliphatic carbocycles. The number of benzene rings is 2. The Morgan fingerprint density at radius 3 is 2.46 bits per heavy atom. The first-order chi connectivity index (χ1) is 13.4. The lowest BCUT2D eigenvalue weighted by Crippen LogP contribution is -2.17. The third kappa shape index (κ3) is 3.95. The van der Waals surface area contributed by atoms with Gasteiger partial charge in [0.15, 0.2) is 11.5 Å². The van der Waals surface area contributed by atoms with E-state index in [0.717, 1.165) is 15.0 Å². The van der Waals surface area contributed by atoms with E-state index >= 15 is 0 Å². The van der Waals surface area contributed by atoms with E-state index in [2.05, 4.69) is 5.32 Å². The lowest BCUT2D eigenvalue weighted by atomic mass is 10.1. The van der Waals surface area contributed by atoms with E-state index in [-0.39, 0.29) is 11.3 Å². The van der Waals surface area contributed by atoms with Crippen LogP contribution in [-0.4, -0.2) is 26.0 Å². The summed E-state index contributed by atoms with van der Waals surface area (Å²) in [4.78, 5) is 24.9. The number of hydrogen-bond acceptors (Lipinski definition) is 5. The van der Waals surface area contributed by atoms with Crippen molar-refractivity contribution in [2.24, 2.45) is 5.73 Å². The fraction of sp³-hybridized carbons (Fsp3) is 0.100. The maximum absolute atomic E-state index is 12.4. The van der Waals surface area contributed by atoms with Crippen molar-refractivity contribution in [1.82, 2.24) is 0 Å². The van der Waals surface area contributed by atoms with E-state index in [9.17, 15) is 9.59 Å². The second kappa shape index (κ2) is 8.33. The normalized spacial score (nSPS) is 11.0. The first kappa shape index (κ1) is 19.7. The van der Waals surface area contributed by atoms with Crippen LogP contribution in [0.4, 0.5) is 5.69 Å². The minimum Gasteiger partial charge on any atom is -0.493 e. The van der Waals surface area contributed by atoms with E-state index < -0.39 is 11.8 Å². The number of ether oxygens (including phenoxy) is 2. The standard InChI is InChI=1S/C20H17ClN2O4S/c1-26-14-9-12(20(22)25)13(10-15(14)27-2)23-18(24)8-7-17-19(21)11-5-3-4-6-16(11)28-17/h3-10H,1-2H3,(H2,22,25)(H,23,24). The van der Waals surface area contributed by atoms with Crippen LogP contribution in [0.5, 0.6) is 11.5 Å². The average molecular weight is 417 g/mol. The molecule has 28 heavy (non-hydrogen) atoms. The van der Waals surface area contributed by atoms with E-state index in [1.165, 1.54) is 43.8 Å². The van der Waals surface area contributed by atoms with Crippen molar-refractivity contribution in [3.63, 3.8) is 0 Å². The van der Waals surface area contributed by atoms with Crippen molar-refractivity contribution in [2.75, 3.05) is 19.5 Å². The molecule has 8 heteroatoms. The van der Waals surface area contributed by atoms with Crippen LogP contribution in [0.2, 0.25) is 5.02 Å². The van der Waals surface area contributed by atoms with E-state index in [0.29, 0.717) is 16.5 Å². The third-order valence-electron chi connectivity index (χ3n) is 3.99. The second-order valence-corrected chi connectivity index (χ2v) is 7.18. The molecule has 2 aromatic carbocycles. The van der Waals surface area contributed by atoms with Crippen LogP contribution in [0.3, 0.4) is 0 Å². The SMILES string of the molecule is COc1cc(NC(=O)C=Cc2sc3ccccc3c2Cl)c(C(N)=O)cc1OC. The molecule has 0 fully saturated rings. The van der Waals surface area contributed by atoms with Crippen LogP contribution in [0.25, 0.3) is 16.2 Å². The van der Waals surface area contributed by atoms with Gasteiger partial charge in [-0.2, -0.15) is 0 Å². The van der Waals surface area contributed by atoms with Gasteiger partial charge in [-0.3, -0.25) is 9.59 Å². The van der Waals surface area contributed by atoms with Crippen molar-refractivity contribution < 1.29 is 19.1 Å². The predicted octanol–water partition coefficient (Wildman–Crippen LogP) is 4.32. The largest absolute Gasteiger partial charge is 0.493 e. The highest BCUT2D eigenvalue weighted by molar-refractivity contribution is 7.20. The Bertz CT molecular complexity index is 1090. The van der Waals surface area contributed by atoms with Gasteiger partial charge in [0.05, 0.1) is 30.5 Å². The highest BCUT2D eigenvalue weighted by Gasteiger charge is 2.16. The topological polar surface area (TPSA) is 90.6 Å². The van der Waals surface area contributed by atoms with Gasteiger partial charge in [0.2, 0.25) is 5.91 Å². The predicted molar refractivity (Wildman–Crippen MR) is 113 cm³/mol. The maximum atomic E-state index is 12.4. The lowest BCUT2D eigenvalue weighted by molar-refractivity contribution is -0.111. The number of primary amides is 1. The molecule has 0 aliphatic heterocycles. The van der Waals surface area contributed by atoms with Crippen molar-refractivity contribution >= 4 is 56.6 Å². The summed E-state index contributed by atoms with van der Waals surface area (Å²) in [7, 11) is 2.90. The highest BCUT2D eigenvalue weighted by atomic mass is 35.5. The van der Waals surface area contributed by atoms with Gasteiger partial charge < -0.3 is 20.5 Å². The molecule has 0 radical (unpaired) electrons. The molecule has 0 unspecified atom stereocenters. The smallest absolute Gasteiger partial charge is 0.250 e. The third-order valence-corrected chi connectivity index (χ3v) is 5.65. The molecule has 3 N–H and O–H groups in total. The number of thiophene rings is 1. The molecule has 0 bridgehead atoms. The minimum absolute atomic E-state index is 0.110. The van der Waals surface area contributed by atoms with Gasteiger partial charge in [-0.15, -0.1) is 11.3 Å². The second-order valence-electron chi connectivity index (χ2n) is 5.72. The summed E-state index contributed by atoms with van der Waals surface area (Å²) in [5, 5.41) is 4.17. The fourth-order valence-corrected chi connectivity index (χ4v) is 4.05. The number of rotatable bonds is 6. The minimum atomic E-state index is -0.701. The molecule has 3 aromatic rings. The number of anilines is 1. The van der Waals surface area contributed by atoms with Gasteiger partial charge in [-0.25, -0.2) is 0 Å². The Labute approximate surface area is 170 Å². The van der Waals surface area contributed by atoms with Crippen LogP contribution in [0, 0.1) is 0 Å². The summed E-state index contributed by atoms with van der Waals surface area (Å²) in [6.45, 7) is 0. The summed E-state index contributed by atoms with van der Waals surface area (Å²) >= 11 is 7.86. The Morgan fingerprint density at radius 1 is 1.14 bits per heavy atom. The zero-order valence-corrected chi connectivity index (χ0v) is 16.7. The highest BCUT2D eigenvalue weighted by Crippen LogP contribution is 2.36.